The van der Waals surface area contributed by atoms with Gasteiger partial charge >= 0.3 is 12.1 Å². The van der Waals surface area contributed by atoms with E-state index in [2.05, 4.69) is 20.6 Å². The van der Waals surface area contributed by atoms with E-state index in [4.69, 9.17) is 16.1 Å². The predicted octanol–water partition coefficient (Wildman–Crippen LogP) is 2.22. The minimum atomic E-state index is -1.31. The van der Waals surface area contributed by atoms with Gasteiger partial charge in [0.05, 0.1) is 25.3 Å². The molecule has 0 aliphatic carbocycles. The number of carbonyl (C=O) groups excluding carboxylic acids is 2. The molecule has 10 nitrogen and oxygen atoms in total. The summed E-state index contributed by atoms with van der Waals surface area (Å²) >= 11 is 0. The largest absolute Gasteiger partial charge is 0.480 e. The second kappa shape index (κ2) is 11.4. The summed E-state index contributed by atoms with van der Waals surface area (Å²) in [6.45, 7) is 8.81. The molecule has 1 aliphatic heterocycles. The van der Waals surface area contributed by atoms with Gasteiger partial charge in [0.1, 0.15) is 12.1 Å². The lowest BCUT2D eigenvalue weighted by molar-refractivity contribution is -0.139. The maximum absolute atomic E-state index is 12.1. The molecule has 1 aliphatic rings. The van der Waals surface area contributed by atoms with Crippen molar-refractivity contribution in [3.05, 3.63) is 41.2 Å². The first kappa shape index (κ1) is 22.7. The Balaban J connectivity index is 1.76. The fourth-order valence-electron chi connectivity index (χ4n) is 2.62. The molecule has 1 heterocycles. The quantitative estimate of drug-likeness (QED) is 0.396. The first-order valence-electron chi connectivity index (χ1n) is 9.56. The van der Waals surface area contributed by atoms with Crippen molar-refractivity contribution in [3.8, 4) is 0 Å². The van der Waals surface area contributed by atoms with Crippen LogP contribution in [-0.4, -0.2) is 54.1 Å². The van der Waals surface area contributed by atoms with Gasteiger partial charge in [0.2, 0.25) is 5.91 Å². The molecule has 10 heteroatoms. The Morgan fingerprint density at radius 1 is 1.37 bits per heavy atom. The molecule has 0 radical (unpaired) electrons. The van der Waals surface area contributed by atoms with E-state index in [0.717, 1.165) is 12.0 Å². The minimum absolute atomic E-state index is 0.0135. The normalized spacial score (nSPS) is 15.9. The van der Waals surface area contributed by atoms with Crippen molar-refractivity contribution < 1.29 is 29.1 Å². The number of carboxylic acids is 1. The SMILES string of the molecule is [C-]#[N+]c1ccc(C2=NO[C@@H](CC(=O)NC[C@@H](NC(=O)OCCCC)C(=O)O)C2)cc1. The van der Waals surface area contributed by atoms with Crippen molar-refractivity contribution >= 4 is 29.4 Å². The van der Waals surface area contributed by atoms with Crippen molar-refractivity contribution in [2.75, 3.05) is 13.2 Å². The van der Waals surface area contributed by atoms with E-state index in [-0.39, 0.29) is 19.6 Å². The molecule has 0 spiro atoms. The smallest absolute Gasteiger partial charge is 0.407 e. The highest BCUT2D eigenvalue weighted by molar-refractivity contribution is 6.01. The van der Waals surface area contributed by atoms with Crippen LogP contribution in [0.25, 0.3) is 4.85 Å². The number of nitrogens with zero attached hydrogens (tertiary/aromatic N) is 2. The monoisotopic (exact) mass is 416 g/mol. The number of ether oxygens (including phenoxy) is 1. The van der Waals surface area contributed by atoms with E-state index in [0.29, 0.717) is 24.2 Å². The Morgan fingerprint density at radius 2 is 2.10 bits per heavy atom. The first-order chi connectivity index (χ1) is 14.4. The van der Waals surface area contributed by atoms with Gasteiger partial charge in [0.15, 0.2) is 5.69 Å². The molecule has 0 aromatic heterocycles. The Hall–Kier alpha value is -3.61. The molecule has 160 valence electrons. The summed E-state index contributed by atoms with van der Waals surface area (Å²) in [5.41, 5.74) is 2.00. The molecule has 2 rings (SSSR count). The number of nitrogens with one attached hydrogen (secondary N) is 2. The van der Waals surface area contributed by atoms with Crippen LogP contribution in [0.4, 0.5) is 10.5 Å². The van der Waals surface area contributed by atoms with E-state index in [1.807, 2.05) is 6.92 Å². The Bertz CT molecular complexity index is 831. The lowest BCUT2D eigenvalue weighted by Gasteiger charge is -2.16. The molecule has 0 saturated carbocycles. The van der Waals surface area contributed by atoms with Crippen LogP contribution in [0.15, 0.2) is 29.4 Å². The number of oxime groups is 1. The van der Waals surface area contributed by atoms with Gasteiger partial charge in [-0.05, 0) is 12.0 Å². The number of amides is 2. The van der Waals surface area contributed by atoms with Gasteiger partial charge in [-0.2, -0.15) is 0 Å². The van der Waals surface area contributed by atoms with Crippen LogP contribution >= 0.6 is 0 Å². The zero-order valence-electron chi connectivity index (χ0n) is 16.6. The third kappa shape index (κ3) is 7.09. The van der Waals surface area contributed by atoms with E-state index in [1.54, 1.807) is 24.3 Å². The number of benzene rings is 1. The van der Waals surface area contributed by atoms with Crippen molar-refractivity contribution in [2.45, 2.75) is 44.8 Å². The van der Waals surface area contributed by atoms with Crippen molar-refractivity contribution in [1.29, 1.82) is 0 Å². The number of hydrogen-bond donors (Lipinski definition) is 3. The number of unbranched alkanes of at least 4 members (excludes halogenated alkanes) is 1. The third-order valence-electron chi connectivity index (χ3n) is 4.30. The molecular formula is C20H24N4O6. The average Bonchev–Trinajstić information content (AvgIpc) is 3.19. The zero-order chi connectivity index (χ0) is 21.9. The highest BCUT2D eigenvalue weighted by atomic mass is 16.6. The third-order valence-corrected chi connectivity index (χ3v) is 4.30. The summed E-state index contributed by atoms with van der Waals surface area (Å²) in [6, 6.07) is 5.58. The lowest BCUT2D eigenvalue weighted by atomic mass is 10.0. The zero-order valence-corrected chi connectivity index (χ0v) is 16.6. The average molecular weight is 416 g/mol. The molecule has 0 unspecified atom stereocenters. The molecular weight excluding hydrogens is 392 g/mol. The number of hydrogen-bond acceptors (Lipinski definition) is 6. The number of rotatable bonds is 10. The van der Waals surface area contributed by atoms with Crippen LogP contribution < -0.4 is 10.6 Å². The van der Waals surface area contributed by atoms with Crippen molar-refractivity contribution in [1.82, 2.24) is 10.6 Å². The van der Waals surface area contributed by atoms with E-state index in [9.17, 15) is 19.5 Å². The predicted molar refractivity (Wildman–Crippen MR) is 107 cm³/mol. The summed E-state index contributed by atoms with van der Waals surface area (Å²) in [4.78, 5) is 43.6. The molecule has 3 N–H and O–H groups in total. The molecule has 2 atom stereocenters. The van der Waals surface area contributed by atoms with Crippen molar-refractivity contribution in [3.63, 3.8) is 0 Å². The van der Waals surface area contributed by atoms with E-state index >= 15 is 0 Å². The number of aliphatic carboxylic acids is 1. The van der Waals surface area contributed by atoms with Crippen LogP contribution in [0, 0.1) is 6.57 Å². The van der Waals surface area contributed by atoms with Gasteiger partial charge in [-0.15, -0.1) is 0 Å². The summed E-state index contributed by atoms with van der Waals surface area (Å²) in [7, 11) is 0. The molecule has 0 fully saturated rings. The van der Waals surface area contributed by atoms with Crippen LogP contribution in [0.1, 0.15) is 38.2 Å². The Kier molecular flexibility index (Phi) is 8.62. The highest BCUT2D eigenvalue weighted by Crippen LogP contribution is 2.21. The van der Waals surface area contributed by atoms with Crippen molar-refractivity contribution in [2.24, 2.45) is 5.16 Å². The van der Waals surface area contributed by atoms with Crippen LogP contribution in [0.5, 0.6) is 0 Å². The summed E-state index contributed by atoms with van der Waals surface area (Å²) in [5.74, 6) is -1.71. The van der Waals surface area contributed by atoms with Crippen LogP contribution in [0.2, 0.25) is 0 Å². The van der Waals surface area contributed by atoms with Gasteiger partial charge in [0, 0.05) is 13.0 Å². The number of carboxylic acid groups (broad SMARTS) is 1. The molecule has 30 heavy (non-hydrogen) atoms. The fraction of sp³-hybridized carbons (Fsp3) is 0.450. The number of alkyl carbamates (subject to hydrolysis) is 1. The second-order valence-corrected chi connectivity index (χ2v) is 6.66. The Morgan fingerprint density at radius 3 is 2.73 bits per heavy atom. The summed E-state index contributed by atoms with van der Waals surface area (Å²) in [5, 5.41) is 17.9. The molecule has 1 aromatic carbocycles. The Labute approximate surface area is 174 Å². The van der Waals surface area contributed by atoms with Crippen LogP contribution in [-0.2, 0) is 19.2 Å². The van der Waals surface area contributed by atoms with Gasteiger partial charge in [-0.1, -0.05) is 42.8 Å². The van der Waals surface area contributed by atoms with Gasteiger partial charge in [-0.25, -0.2) is 14.4 Å². The van der Waals surface area contributed by atoms with Gasteiger partial charge in [-0.3, -0.25) is 4.79 Å². The molecule has 1 aromatic rings. The van der Waals surface area contributed by atoms with Gasteiger partial charge in [0.25, 0.3) is 0 Å². The molecule has 0 saturated heterocycles. The summed E-state index contributed by atoms with van der Waals surface area (Å²) in [6.07, 6.45) is 0.599. The van der Waals surface area contributed by atoms with E-state index < -0.39 is 30.1 Å². The standard InChI is InChI=1S/C20H24N4O6/c1-3-4-9-29-20(28)23-17(19(26)27)12-22-18(25)11-15-10-16(24-30-15)13-5-7-14(21-2)8-6-13/h5-8,15,17H,3-4,9-12H2,1H3,(H,22,25)(H,23,28)(H,26,27)/t15-,17-/m1/s1. The maximum atomic E-state index is 12.1. The first-order valence-corrected chi connectivity index (χ1v) is 9.56. The fourth-order valence-corrected chi connectivity index (χ4v) is 2.62. The minimum Gasteiger partial charge on any atom is -0.480 e. The van der Waals surface area contributed by atoms with Gasteiger partial charge < -0.3 is 25.3 Å². The highest BCUT2D eigenvalue weighted by Gasteiger charge is 2.26. The summed E-state index contributed by atoms with van der Waals surface area (Å²) < 4.78 is 4.87. The van der Waals surface area contributed by atoms with E-state index in [1.165, 1.54) is 0 Å². The second-order valence-electron chi connectivity index (χ2n) is 6.66. The lowest BCUT2D eigenvalue weighted by Crippen LogP contribution is -2.48. The number of carbonyl (C=O) groups is 3. The van der Waals surface area contributed by atoms with Crippen LogP contribution in [0.3, 0.4) is 0 Å². The topological polar surface area (TPSA) is 131 Å². The molecule has 0 bridgehead atoms. The maximum Gasteiger partial charge on any atom is 0.407 e. The molecule has 2 amide bonds.